The van der Waals surface area contributed by atoms with Crippen molar-refractivity contribution in [2.45, 2.75) is 32.5 Å². The summed E-state index contributed by atoms with van der Waals surface area (Å²) in [6.45, 7) is 4.13. The Labute approximate surface area is 55.5 Å². The zero-order valence-electron chi connectivity index (χ0n) is 5.91. The molecule has 2 atom stereocenters. The van der Waals surface area contributed by atoms with Crippen LogP contribution in [0.1, 0.15) is 20.3 Å². The molecule has 3 heteroatoms. The van der Waals surface area contributed by atoms with Gasteiger partial charge in [0.1, 0.15) is 6.17 Å². The fourth-order valence-corrected chi connectivity index (χ4v) is 0.715. The largest absolute Gasteiger partial charge is 0.308 e. The van der Waals surface area contributed by atoms with Gasteiger partial charge < -0.3 is 5.73 Å². The van der Waals surface area contributed by atoms with E-state index in [9.17, 15) is 0 Å². The number of hydrogen-bond donors (Lipinski definition) is 1. The van der Waals surface area contributed by atoms with Gasteiger partial charge in [0.25, 0.3) is 0 Å². The first-order valence-corrected chi connectivity index (χ1v) is 3.33. The normalized spacial score (nSPS) is 33.9. The molecule has 1 rings (SSSR count). The van der Waals surface area contributed by atoms with Gasteiger partial charge in [-0.15, -0.1) is 0 Å². The van der Waals surface area contributed by atoms with Crippen LogP contribution in [-0.2, 0) is 0 Å². The van der Waals surface area contributed by atoms with Gasteiger partial charge in [0, 0.05) is 6.21 Å². The van der Waals surface area contributed by atoms with Gasteiger partial charge in [-0.3, -0.25) is 5.01 Å². The second-order valence-electron chi connectivity index (χ2n) is 2.32. The summed E-state index contributed by atoms with van der Waals surface area (Å²) in [5, 5.41) is 5.99. The highest BCUT2D eigenvalue weighted by molar-refractivity contribution is 5.56. The Balaban J connectivity index is 2.25. The number of rotatable bonds is 2. The molecule has 0 spiro atoms. The zero-order valence-corrected chi connectivity index (χ0v) is 5.91. The molecule has 0 aliphatic carbocycles. The van der Waals surface area contributed by atoms with Gasteiger partial charge in [-0.2, -0.15) is 5.10 Å². The van der Waals surface area contributed by atoms with E-state index in [1.807, 2.05) is 11.2 Å². The summed E-state index contributed by atoms with van der Waals surface area (Å²) < 4.78 is 0. The molecule has 0 aromatic heterocycles. The van der Waals surface area contributed by atoms with Gasteiger partial charge in [0.05, 0.1) is 6.04 Å². The highest BCUT2D eigenvalue weighted by Gasteiger charge is 2.39. The molecule has 1 unspecified atom stereocenters. The summed E-state index contributed by atoms with van der Waals surface area (Å²) in [6.07, 6.45) is 3.03. The summed E-state index contributed by atoms with van der Waals surface area (Å²) in [7, 11) is 0. The van der Waals surface area contributed by atoms with Crippen LogP contribution in [0.15, 0.2) is 5.10 Å². The summed E-state index contributed by atoms with van der Waals surface area (Å²) in [5.74, 6) is 0. The molecule has 0 aromatic carbocycles. The quantitative estimate of drug-likeness (QED) is 0.430. The smallest absolute Gasteiger partial charge is 0.116 e. The lowest BCUT2D eigenvalue weighted by atomic mass is 10.5. The Morgan fingerprint density at radius 2 is 2.33 bits per heavy atom. The number of hydrogen-bond acceptors (Lipinski definition) is 3. The van der Waals surface area contributed by atoms with Crippen LogP contribution in [0.2, 0.25) is 0 Å². The third-order valence-corrected chi connectivity index (χ3v) is 1.52. The van der Waals surface area contributed by atoms with Crippen molar-refractivity contribution in [1.82, 2.24) is 5.01 Å². The molecule has 0 amide bonds. The van der Waals surface area contributed by atoms with Crippen LogP contribution in [0, 0.1) is 0 Å². The molecule has 1 fully saturated rings. The van der Waals surface area contributed by atoms with Gasteiger partial charge in [0.2, 0.25) is 0 Å². The minimum atomic E-state index is 0.174. The lowest BCUT2D eigenvalue weighted by Crippen LogP contribution is -2.06. The van der Waals surface area contributed by atoms with E-state index < -0.39 is 0 Å². The van der Waals surface area contributed by atoms with Crippen molar-refractivity contribution in [1.29, 1.82) is 0 Å². The summed E-state index contributed by atoms with van der Waals surface area (Å²) in [5.41, 5.74) is 5.56. The van der Waals surface area contributed by atoms with Crippen LogP contribution in [0.5, 0.6) is 0 Å². The predicted octanol–water partition coefficient (Wildman–Crippen LogP) is 0.371. The summed E-state index contributed by atoms with van der Waals surface area (Å²) in [4.78, 5) is 0. The van der Waals surface area contributed by atoms with E-state index in [2.05, 4.69) is 18.9 Å². The van der Waals surface area contributed by atoms with Crippen molar-refractivity contribution in [3.63, 3.8) is 0 Å². The number of nitrogens with zero attached hydrogens (tertiary/aromatic N) is 2. The molecule has 52 valence electrons. The molecule has 1 aliphatic rings. The number of hydrazone groups is 1. The van der Waals surface area contributed by atoms with Crippen molar-refractivity contribution in [2.24, 2.45) is 10.8 Å². The van der Waals surface area contributed by atoms with Crippen molar-refractivity contribution >= 4 is 6.21 Å². The maximum Gasteiger partial charge on any atom is 0.116 e. The molecular formula is C6H13N3. The number of nitrogens with two attached hydrogens (primary N) is 1. The van der Waals surface area contributed by atoms with E-state index >= 15 is 0 Å². The molecular weight excluding hydrogens is 114 g/mol. The Bertz CT molecular complexity index is 113. The van der Waals surface area contributed by atoms with Crippen molar-refractivity contribution in [3.05, 3.63) is 0 Å². The molecule has 3 nitrogen and oxygen atoms in total. The van der Waals surface area contributed by atoms with E-state index in [1.54, 1.807) is 0 Å². The van der Waals surface area contributed by atoms with Crippen LogP contribution in [-0.4, -0.2) is 23.4 Å². The second kappa shape index (κ2) is 2.35. The van der Waals surface area contributed by atoms with Gasteiger partial charge in [-0.25, -0.2) is 0 Å². The fraction of sp³-hybridized carbons (Fsp3) is 0.833. The van der Waals surface area contributed by atoms with Crippen molar-refractivity contribution in [2.75, 3.05) is 0 Å². The Morgan fingerprint density at radius 3 is 2.67 bits per heavy atom. The van der Waals surface area contributed by atoms with Crippen LogP contribution < -0.4 is 5.73 Å². The lowest BCUT2D eigenvalue weighted by Gasteiger charge is -1.89. The Morgan fingerprint density at radius 1 is 1.78 bits per heavy atom. The average molecular weight is 127 g/mol. The van der Waals surface area contributed by atoms with Crippen LogP contribution in [0.3, 0.4) is 0 Å². The Kier molecular flexibility index (Phi) is 1.71. The minimum absolute atomic E-state index is 0.174. The average Bonchev–Trinajstić information content (AvgIpc) is 2.39. The Hall–Kier alpha value is -0.570. The molecule has 2 N–H and O–H groups in total. The maximum absolute atomic E-state index is 5.56. The van der Waals surface area contributed by atoms with Crippen LogP contribution >= 0.6 is 0 Å². The molecule has 0 saturated carbocycles. The van der Waals surface area contributed by atoms with Crippen LogP contribution in [0.25, 0.3) is 0 Å². The molecule has 1 heterocycles. The maximum atomic E-state index is 5.56. The van der Waals surface area contributed by atoms with Gasteiger partial charge in [-0.05, 0) is 13.3 Å². The molecule has 9 heavy (non-hydrogen) atoms. The SMILES string of the molecule is CC/C=N/N1C(C)[C@H]1N. The second-order valence-corrected chi connectivity index (χ2v) is 2.32. The zero-order chi connectivity index (χ0) is 6.85. The van der Waals surface area contributed by atoms with Crippen molar-refractivity contribution < 1.29 is 0 Å². The fourth-order valence-electron chi connectivity index (χ4n) is 0.715. The highest BCUT2D eigenvalue weighted by atomic mass is 15.6. The van der Waals surface area contributed by atoms with Crippen LogP contribution in [0.4, 0.5) is 0 Å². The highest BCUT2D eigenvalue weighted by Crippen LogP contribution is 2.22. The van der Waals surface area contributed by atoms with E-state index in [0.29, 0.717) is 6.04 Å². The third kappa shape index (κ3) is 1.21. The van der Waals surface area contributed by atoms with Gasteiger partial charge in [-0.1, -0.05) is 6.92 Å². The first kappa shape index (κ1) is 6.55. The molecule has 0 radical (unpaired) electrons. The third-order valence-electron chi connectivity index (χ3n) is 1.52. The van der Waals surface area contributed by atoms with E-state index in [0.717, 1.165) is 6.42 Å². The predicted molar refractivity (Wildman–Crippen MR) is 38.1 cm³/mol. The summed E-state index contributed by atoms with van der Waals surface area (Å²) >= 11 is 0. The first-order valence-electron chi connectivity index (χ1n) is 3.33. The molecule has 0 aromatic rings. The topological polar surface area (TPSA) is 41.4 Å². The molecule has 1 aliphatic heterocycles. The standard InChI is InChI=1S/C6H13N3/c1-3-4-8-9-5(2)6(9)7/h4-6H,3,7H2,1-2H3/b8-4+/t5?,6-,9?/m0/s1. The van der Waals surface area contributed by atoms with Gasteiger partial charge in [0.15, 0.2) is 0 Å². The minimum Gasteiger partial charge on any atom is -0.308 e. The van der Waals surface area contributed by atoms with E-state index in [-0.39, 0.29) is 6.17 Å². The van der Waals surface area contributed by atoms with E-state index in [1.165, 1.54) is 0 Å². The first-order chi connectivity index (χ1) is 4.27. The van der Waals surface area contributed by atoms with E-state index in [4.69, 9.17) is 5.73 Å². The molecule has 0 bridgehead atoms. The lowest BCUT2D eigenvalue weighted by molar-refractivity contribution is 0.525. The monoisotopic (exact) mass is 127 g/mol. The van der Waals surface area contributed by atoms with Crippen molar-refractivity contribution in [3.8, 4) is 0 Å². The summed E-state index contributed by atoms with van der Waals surface area (Å²) in [6, 6.07) is 0.452. The van der Waals surface area contributed by atoms with Gasteiger partial charge >= 0.3 is 0 Å². The molecule has 1 saturated heterocycles.